The summed E-state index contributed by atoms with van der Waals surface area (Å²) in [5, 5.41) is 13.7. The van der Waals surface area contributed by atoms with Crippen LogP contribution in [-0.4, -0.2) is 35.0 Å². The van der Waals surface area contributed by atoms with Crippen molar-refractivity contribution >= 4 is 40.8 Å². The predicted molar refractivity (Wildman–Crippen MR) is 134 cm³/mol. The minimum absolute atomic E-state index is 0.0755. The topological polar surface area (TPSA) is 69.6 Å². The summed E-state index contributed by atoms with van der Waals surface area (Å²) < 4.78 is 0. The molecule has 3 rings (SSSR count). The lowest BCUT2D eigenvalue weighted by Crippen LogP contribution is -2.40. The number of anilines is 1. The average Bonchev–Trinajstić information content (AvgIpc) is 2.79. The minimum Gasteiger partial charge on any atom is -0.480 e. The van der Waals surface area contributed by atoms with E-state index in [0.717, 1.165) is 37.9 Å². The highest BCUT2D eigenvalue weighted by Gasteiger charge is 2.24. The van der Waals surface area contributed by atoms with Crippen molar-refractivity contribution in [1.82, 2.24) is 4.90 Å². The molecule has 172 valence electrons. The molecule has 0 aliphatic heterocycles. The Labute approximate surface area is 203 Å². The molecule has 0 bridgehead atoms. The van der Waals surface area contributed by atoms with Crippen molar-refractivity contribution in [3.8, 4) is 11.1 Å². The molecule has 5 nitrogen and oxygen atoms in total. The van der Waals surface area contributed by atoms with E-state index in [0.29, 0.717) is 0 Å². The molecule has 0 heterocycles. The van der Waals surface area contributed by atoms with Crippen molar-refractivity contribution in [2.75, 3.05) is 12.4 Å². The summed E-state index contributed by atoms with van der Waals surface area (Å²) >= 11 is 12.6. The summed E-state index contributed by atoms with van der Waals surface area (Å²) in [6.45, 7) is 5.52. The normalized spacial score (nSPS) is 12.7. The zero-order chi connectivity index (χ0) is 24.3. The number of benzene rings is 3. The Morgan fingerprint density at radius 1 is 0.939 bits per heavy atom. The first-order valence-corrected chi connectivity index (χ1v) is 11.3. The van der Waals surface area contributed by atoms with E-state index in [9.17, 15) is 9.59 Å². The van der Waals surface area contributed by atoms with E-state index in [2.05, 4.69) is 18.3 Å². The first kappa shape index (κ1) is 24.6. The van der Waals surface area contributed by atoms with E-state index in [1.165, 1.54) is 14.0 Å². The highest BCUT2D eigenvalue weighted by atomic mass is 35.5. The third kappa shape index (κ3) is 5.67. The van der Waals surface area contributed by atoms with Crippen LogP contribution in [0, 0.1) is 6.92 Å². The van der Waals surface area contributed by atoms with Crippen LogP contribution in [-0.2, 0) is 4.79 Å². The number of carboxylic acids is 1. The molecular formula is C26H26Cl2N2O3. The molecular weight excluding hydrogens is 459 g/mol. The van der Waals surface area contributed by atoms with Gasteiger partial charge in [0.05, 0.1) is 10.6 Å². The van der Waals surface area contributed by atoms with Gasteiger partial charge >= 0.3 is 5.97 Å². The third-order valence-corrected chi connectivity index (χ3v) is 6.46. The number of nitrogens with one attached hydrogen (secondary N) is 1. The number of aryl methyl sites for hydroxylation is 1. The van der Waals surface area contributed by atoms with Crippen LogP contribution in [0.1, 0.15) is 41.4 Å². The molecule has 0 fully saturated rings. The lowest BCUT2D eigenvalue weighted by Gasteiger charge is -2.22. The van der Waals surface area contributed by atoms with Gasteiger partial charge in [-0.2, -0.15) is 0 Å². The molecule has 33 heavy (non-hydrogen) atoms. The maximum atomic E-state index is 12.7. The van der Waals surface area contributed by atoms with Gasteiger partial charge in [-0.15, -0.1) is 0 Å². The number of hydrogen-bond acceptors (Lipinski definition) is 3. The van der Waals surface area contributed by atoms with Gasteiger partial charge < -0.3 is 15.3 Å². The Balaban J connectivity index is 1.81. The van der Waals surface area contributed by atoms with Gasteiger partial charge in [-0.1, -0.05) is 53.5 Å². The van der Waals surface area contributed by atoms with E-state index in [1.807, 2.05) is 49.4 Å². The van der Waals surface area contributed by atoms with Crippen molar-refractivity contribution < 1.29 is 14.7 Å². The molecule has 3 aromatic rings. The third-order valence-electron chi connectivity index (χ3n) is 5.72. The van der Waals surface area contributed by atoms with Crippen LogP contribution in [0.25, 0.3) is 11.1 Å². The molecule has 0 saturated heterocycles. The van der Waals surface area contributed by atoms with Gasteiger partial charge in [-0.25, -0.2) is 4.79 Å². The van der Waals surface area contributed by atoms with Crippen LogP contribution in [0.3, 0.4) is 0 Å². The smallest absolute Gasteiger partial charge is 0.326 e. The molecule has 0 radical (unpaired) electrons. The van der Waals surface area contributed by atoms with Gasteiger partial charge in [0.2, 0.25) is 0 Å². The Bertz CT molecular complexity index is 1200. The standard InChI is InChI=1S/C26H26Cl2N2O3/c1-15-12-18(9-11-23(15)27)16(2)29-21-7-5-6-19(13-21)20-8-10-22(24(28)14-20)25(31)30(4)17(3)26(32)33/h5-14,16-17,29H,1-4H3,(H,32,33)/t16?,17-/m0/s1. The van der Waals surface area contributed by atoms with Crippen LogP contribution in [0.4, 0.5) is 5.69 Å². The predicted octanol–water partition coefficient (Wildman–Crippen LogP) is 6.69. The molecule has 0 spiro atoms. The van der Waals surface area contributed by atoms with Crippen LogP contribution in [0.2, 0.25) is 10.0 Å². The first-order chi connectivity index (χ1) is 15.6. The Hall–Kier alpha value is -3.02. The second-order valence-corrected chi connectivity index (χ2v) is 8.89. The Morgan fingerprint density at radius 2 is 1.64 bits per heavy atom. The van der Waals surface area contributed by atoms with Crippen molar-refractivity contribution in [2.45, 2.75) is 32.9 Å². The van der Waals surface area contributed by atoms with Crippen molar-refractivity contribution in [1.29, 1.82) is 0 Å². The van der Waals surface area contributed by atoms with Gasteiger partial charge in [0, 0.05) is 23.8 Å². The largest absolute Gasteiger partial charge is 0.480 e. The summed E-state index contributed by atoms with van der Waals surface area (Å²) in [5.41, 5.74) is 5.16. The molecule has 0 saturated carbocycles. The molecule has 7 heteroatoms. The fraction of sp³-hybridized carbons (Fsp3) is 0.231. The SMILES string of the molecule is Cc1cc(C(C)Nc2cccc(-c3ccc(C(=O)N(C)[C@@H](C)C(=O)O)c(Cl)c3)c2)ccc1Cl. The summed E-state index contributed by atoms with van der Waals surface area (Å²) in [6.07, 6.45) is 0. The number of carbonyl (C=O) groups is 2. The number of carboxylic acid groups (broad SMARTS) is 1. The molecule has 2 N–H and O–H groups in total. The van der Waals surface area contributed by atoms with Crippen LogP contribution in [0.15, 0.2) is 60.7 Å². The number of amides is 1. The number of hydrogen-bond donors (Lipinski definition) is 2. The fourth-order valence-electron chi connectivity index (χ4n) is 3.46. The van der Waals surface area contributed by atoms with Crippen LogP contribution < -0.4 is 5.32 Å². The van der Waals surface area contributed by atoms with Crippen molar-refractivity contribution in [2.24, 2.45) is 0 Å². The number of carbonyl (C=O) groups excluding carboxylic acids is 1. The summed E-state index contributed by atoms with van der Waals surface area (Å²) in [5.74, 6) is -1.52. The lowest BCUT2D eigenvalue weighted by molar-refractivity contribution is -0.141. The van der Waals surface area contributed by atoms with Crippen LogP contribution >= 0.6 is 23.2 Å². The summed E-state index contributed by atoms with van der Waals surface area (Å²) in [7, 11) is 1.45. The Kier molecular flexibility index (Phi) is 7.67. The highest BCUT2D eigenvalue weighted by molar-refractivity contribution is 6.34. The quantitative estimate of drug-likeness (QED) is 0.391. The van der Waals surface area contributed by atoms with E-state index >= 15 is 0 Å². The van der Waals surface area contributed by atoms with E-state index in [4.69, 9.17) is 28.3 Å². The van der Waals surface area contributed by atoms with E-state index in [-0.39, 0.29) is 16.6 Å². The molecule has 3 aromatic carbocycles. The molecule has 2 atom stereocenters. The van der Waals surface area contributed by atoms with Gasteiger partial charge in [-0.05, 0) is 73.4 Å². The average molecular weight is 485 g/mol. The van der Waals surface area contributed by atoms with Crippen molar-refractivity contribution in [3.05, 3.63) is 87.4 Å². The number of rotatable bonds is 7. The Morgan fingerprint density at radius 3 is 2.27 bits per heavy atom. The zero-order valence-electron chi connectivity index (χ0n) is 18.9. The molecule has 0 aliphatic carbocycles. The number of aliphatic carboxylic acids is 1. The number of halogens is 2. The van der Waals surface area contributed by atoms with E-state index < -0.39 is 17.9 Å². The van der Waals surface area contributed by atoms with Crippen molar-refractivity contribution in [3.63, 3.8) is 0 Å². The fourth-order valence-corrected chi connectivity index (χ4v) is 3.84. The summed E-state index contributed by atoms with van der Waals surface area (Å²) in [6, 6.07) is 18.2. The van der Waals surface area contributed by atoms with Crippen LogP contribution in [0.5, 0.6) is 0 Å². The maximum absolute atomic E-state index is 12.7. The van der Waals surface area contributed by atoms with E-state index in [1.54, 1.807) is 12.1 Å². The maximum Gasteiger partial charge on any atom is 0.326 e. The number of likely N-dealkylation sites (N-methyl/N-ethyl adjacent to an activating group) is 1. The van der Waals surface area contributed by atoms with Gasteiger partial charge in [0.15, 0.2) is 0 Å². The highest BCUT2D eigenvalue weighted by Crippen LogP contribution is 2.30. The molecule has 0 aliphatic rings. The van der Waals surface area contributed by atoms with Gasteiger partial charge in [0.25, 0.3) is 5.91 Å². The number of nitrogens with zero attached hydrogens (tertiary/aromatic N) is 1. The van der Waals surface area contributed by atoms with Gasteiger partial charge in [0.1, 0.15) is 6.04 Å². The molecule has 1 unspecified atom stereocenters. The molecule has 0 aromatic heterocycles. The zero-order valence-corrected chi connectivity index (χ0v) is 20.4. The second kappa shape index (κ2) is 10.3. The monoisotopic (exact) mass is 484 g/mol. The van der Waals surface area contributed by atoms with Gasteiger partial charge in [-0.3, -0.25) is 4.79 Å². The lowest BCUT2D eigenvalue weighted by atomic mass is 10.0. The minimum atomic E-state index is -1.08. The molecule has 1 amide bonds. The summed E-state index contributed by atoms with van der Waals surface area (Å²) in [4.78, 5) is 25.0. The first-order valence-electron chi connectivity index (χ1n) is 10.5. The second-order valence-electron chi connectivity index (χ2n) is 8.08.